The molecule has 1 N–H and O–H groups in total. The van der Waals surface area contributed by atoms with Crippen LogP contribution in [0.3, 0.4) is 0 Å². The van der Waals surface area contributed by atoms with E-state index >= 15 is 0 Å². The van der Waals surface area contributed by atoms with Crippen molar-refractivity contribution in [1.82, 2.24) is 19.7 Å². The van der Waals surface area contributed by atoms with Crippen LogP contribution in [0.2, 0.25) is 5.02 Å². The highest BCUT2D eigenvalue weighted by Crippen LogP contribution is 2.31. The van der Waals surface area contributed by atoms with Crippen molar-refractivity contribution in [3.8, 4) is 0 Å². The predicted octanol–water partition coefficient (Wildman–Crippen LogP) is 2.95. The van der Waals surface area contributed by atoms with Gasteiger partial charge in [-0.25, -0.2) is 19.6 Å². The number of anilines is 1. The SMILES string of the molecule is Cc1cnc2c(c1)CC(c1cc(NC(=O)Cn3cncn3)ccc1Cl)=N2. The van der Waals surface area contributed by atoms with E-state index in [0.717, 1.165) is 28.2 Å². The number of aromatic nitrogens is 4. The predicted molar refractivity (Wildman–Crippen MR) is 99.0 cm³/mol. The molecular weight excluding hydrogens is 352 g/mol. The zero-order chi connectivity index (χ0) is 18.1. The number of aliphatic imine (C=N–C) groups is 1. The second-order valence-corrected chi connectivity index (χ2v) is 6.47. The third kappa shape index (κ3) is 3.34. The molecule has 26 heavy (non-hydrogen) atoms. The molecule has 0 bridgehead atoms. The number of carbonyl (C=O) groups excluding carboxylic acids is 1. The standard InChI is InChI=1S/C18H15ClN6O/c1-11-4-12-5-16(24-18(12)21-7-11)14-6-13(2-3-15(14)19)23-17(26)8-25-10-20-9-22-25/h2-4,6-7,9-10H,5,8H2,1H3,(H,23,26). The van der Waals surface area contributed by atoms with E-state index in [9.17, 15) is 4.79 Å². The summed E-state index contributed by atoms with van der Waals surface area (Å²) in [4.78, 5) is 24.9. The average molecular weight is 367 g/mol. The highest BCUT2D eigenvalue weighted by atomic mass is 35.5. The number of fused-ring (bicyclic) bond motifs is 1. The highest BCUT2D eigenvalue weighted by molar-refractivity contribution is 6.34. The van der Waals surface area contributed by atoms with Gasteiger partial charge in [0.1, 0.15) is 19.2 Å². The van der Waals surface area contributed by atoms with Crippen molar-refractivity contribution in [3.05, 3.63) is 64.8 Å². The maximum atomic E-state index is 12.1. The van der Waals surface area contributed by atoms with E-state index in [0.29, 0.717) is 17.1 Å². The molecule has 0 fully saturated rings. The molecule has 0 saturated heterocycles. The number of halogens is 1. The lowest BCUT2D eigenvalue weighted by Crippen LogP contribution is -2.19. The van der Waals surface area contributed by atoms with Gasteiger partial charge in [0.05, 0.1) is 5.71 Å². The Kier molecular flexibility index (Phi) is 4.22. The Labute approximate surface area is 154 Å². The lowest BCUT2D eigenvalue weighted by molar-refractivity contribution is -0.116. The molecule has 4 rings (SSSR count). The van der Waals surface area contributed by atoms with Gasteiger partial charge in [-0.2, -0.15) is 5.10 Å². The number of aryl methyl sites for hydroxylation is 1. The van der Waals surface area contributed by atoms with E-state index in [1.807, 2.05) is 13.0 Å². The van der Waals surface area contributed by atoms with Gasteiger partial charge >= 0.3 is 0 Å². The van der Waals surface area contributed by atoms with Crippen molar-refractivity contribution in [2.24, 2.45) is 4.99 Å². The highest BCUT2D eigenvalue weighted by Gasteiger charge is 2.20. The normalized spacial score (nSPS) is 12.6. The Morgan fingerprint density at radius 1 is 1.35 bits per heavy atom. The molecule has 1 aliphatic rings. The molecule has 0 spiro atoms. The number of carbonyl (C=O) groups is 1. The van der Waals surface area contributed by atoms with Crippen LogP contribution in [0.5, 0.6) is 0 Å². The van der Waals surface area contributed by atoms with Crippen molar-refractivity contribution < 1.29 is 4.79 Å². The van der Waals surface area contributed by atoms with Crippen molar-refractivity contribution in [2.45, 2.75) is 19.9 Å². The number of hydrogen-bond donors (Lipinski definition) is 1. The smallest absolute Gasteiger partial charge is 0.246 e. The van der Waals surface area contributed by atoms with Crippen molar-refractivity contribution in [1.29, 1.82) is 0 Å². The molecule has 1 aliphatic heterocycles. The minimum atomic E-state index is -0.197. The minimum Gasteiger partial charge on any atom is -0.324 e. The number of hydrogen-bond acceptors (Lipinski definition) is 5. The van der Waals surface area contributed by atoms with Crippen LogP contribution < -0.4 is 5.32 Å². The van der Waals surface area contributed by atoms with Crippen LogP contribution >= 0.6 is 11.6 Å². The number of nitrogens with zero attached hydrogens (tertiary/aromatic N) is 5. The van der Waals surface area contributed by atoms with Gasteiger partial charge in [-0.1, -0.05) is 17.7 Å². The summed E-state index contributed by atoms with van der Waals surface area (Å²) in [6.45, 7) is 2.09. The molecule has 130 valence electrons. The van der Waals surface area contributed by atoms with E-state index in [1.54, 1.807) is 18.3 Å². The van der Waals surface area contributed by atoms with Gasteiger partial charge in [0, 0.05) is 34.5 Å². The fraction of sp³-hybridized carbons (Fsp3) is 0.167. The molecule has 0 saturated carbocycles. The molecule has 0 unspecified atom stereocenters. The van der Waals surface area contributed by atoms with Crippen LogP contribution in [0.1, 0.15) is 16.7 Å². The Hall–Kier alpha value is -3.06. The third-order valence-electron chi connectivity index (χ3n) is 4.01. The average Bonchev–Trinajstić information content (AvgIpc) is 3.25. The number of pyridine rings is 1. The van der Waals surface area contributed by atoms with Crippen LogP contribution in [0.4, 0.5) is 11.5 Å². The van der Waals surface area contributed by atoms with Crippen LogP contribution in [0.25, 0.3) is 0 Å². The topological polar surface area (TPSA) is 85.1 Å². The monoisotopic (exact) mass is 366 g/mol. The van der Waals surface area contributed by atoms with E-state index in [2.05, 4.69) is 31.4 Å². The second kappa shape index (κ2) is 6.68. The first kappa shape index (κ1) is 16.4. The lowest BCUT2D eigenvalue weighted by Gasteiger charge is -2.09. The lowest BCUT2D eigenvalue weighted by atomic mass is 10.0. The van der Waals surface area contributed by atoms with E-state index in [1.165, 1.54) is 17.3 Å². The molecule has 3 aromatic rings. The zero-order valence-electron chi connectivity index (χ0n) is 14.0. The first-order valence-corrected chi connectivity index (χ1v) is 8.41. The number of benzene rings is 1. The summed E-state index contributed by atoms with van der Waals surface area (Å²) >= 11 is 6.37. The molecular formula is C18H15ClN6O. The molecule has 0 aliphatic carbocycles. The van der Waals surface area contributed by atoms with Gasteiger partial charge in [0.15, 0.2) is 5.82 Å². The quantitative estimate of drug-likeness (QED) is 0.769. The zero-order valence-corrected chi connectivity index (χ0v) is 14.7. The van der Waals surface area contributed by atoms with Crippen LogP contribution in [0.15, 0.2) is 48.1 Å². The van der Waals surface area contributed by atoms with Crippen LogP contribution in [-0.4, -0.2) is 31.4 Å². The van der Waals surface area contributed by atoms with Gasteiger partial charge in [-0.3, -0.25) is 4.79 Å². The van der Waals surface area contributed by atoms with Crippen LogP contribution in [-0.2, 0) is 17.8 Å². The summed E-state index contributed by atoms with van der Waals surface area (Å²) in [5.74, 6) is 0.528. The van der Waals surface area contributed by atoms with Gasteiger partial charge in [0.25, 0.3) is 0 Å². The van der Waals surface area contributed by atoms with Gasteiger partial charge in [0.2, 0.25) is 5.91 Å². The third-order valence-corrected chi connectivity index (χ3v) is 4.34. The molecule has 0 atom stereocenters. The first-order chi connectivity index (χ1) is 12.6. The minimum absolute atomic E-state index is 0.0908. The molecule has 7 nitrogen and oxygen atoms in total. The van der Waals surface area contributed by atoms with E-state index in [4.69, 9.17) is 11.6 Å². The largest absolute Gasteiger partial charge is 0.324 e. The van der Waals surface area contributed by atoms with Crippen molar-refractivity contribution >= 4 is 34.7 Å². The summed E-state index contributed by atoms with van der Waals surface area (Å²) in [5, 5.41) is 7.35. The maximum Gasteiger partial charge on any atom is 0.246 e. The van der Waals surface area contributed by atoms with Crippen molar-refractivity contribution in [2.75, 3.05) is 5.32 Å². The second-order valence-electron chi connectivity index (χ2n) is 6.07. The van der Waals surface area contributed by atoms with E-state index < -0.39 is 0 Å². The molecule has 1 aromatic carbocycles. The van der Waals surface area contributed by atoms with Gasteiger partial charge < -0.3 is 5.32 Å². The summed E-state index contributed by atoms with van der Waals surface area (Å²) in [6, 6.07) is 7.43. The fourth-order valence-corrected chi connectivity index (χ4v) is 3.07. The summed E-state index contributed by atoms with van der Waals surface area (Å²) in [7, 11) is 0. The molecule has 8 heteroatoms. The van der Waals surface area contributed by atoms with Crippen molar-refractivity contribution in [3.63, 3.8) is 0 Å². The number of amides is 1. The van der Waals surface area contributed by atoms with Gasteiger partial charge in [-0.05, 0) is 30.7 Å². The summed E-state index contributed by atoms with van der Waals surface area (Å²) in [5.41, 5.74) is 4.46. The Bertz CT molecular complexity index is 1010. The van der Waals surface area contributed by atoms with E-state index in [-0.39, 0.29) is 12.5 Å². The summed E-state index contributed by atoms with van der Waals surface area (Å²) < 4.78 is 1.46. The first-order valence-electron chi connectivity index (χ1n) is 8.04. The summed E-state index contributed by atoms with van der Waals surface area (Å²) in [6.07, 6.45) is 5.35. The molecule has 1 amide bonds. The molecule has 0 radical (unpaired) electrons. The Balaban J connectivity index is 1.55. The number of nitrogens with one attached hydrogen (secondary N) is 1. The number of rotatable bonds is 4. The Morgan fingerprint density at radius 2 is 2.23 bits per heavy atom. The Morgan fingerprint density at radius 3 is 3.04 bits per heavy atom. The molecule has 3 heterocycles. The fourth-order valence-electron chi connectivity index (χ4n) is 2.84. The maximum absolute atomic E-state index is 12.1. The van der Waals surface area contributed by atoms with Gasteiger partial charge in [-0.15, -0.1) is 0 Å². The molecule has 2 aromatic heterocycles. The van der Waals surface area contributed by atoms with Crippen LogP contribution in [0, 0.1) is 6.92 Å².